The summed E-state index contributed by atoms with van der Waals surface area (Å²) in [6, 6.07) is 31.7. The minimum absolute atomic E-state index is 0.213. The van der Waals surface area contributed by atoms with E-state index in [0.29, 0.717) is 18.5 Å². The molecule has 0 saturated carbocycles. The van der Waals surface area contributed by atoms with Crippen LogP contribution in [0.3, 0.4) is 0 Å². The Hall–Kier alpha value is -5.50. The Balaban J connectivity index is 1.29. The van der Waals surface area contributed by atoms with Crippen LogP contribution in [0.5, 0.6) is 0 Å². The maximum Gasteiger partial charge on any atom is 0.305 e. The van der Waals surface area contributed by atoms with Gasteiger partial charge in [0.15, 0.2) is 0 Å². The summed E-state index contributed by atoms with van der Waals surface area (Å²) in [4.78, 5) is 42.9. The molecule has 8 nitrogen and oxygen atoms in total. The van der Waals surface area contributed by atoms with E-state index in [9.17, 15) is 19.5 Å². The number of nitrogens with one attached hydrogen (secondary N) is 3. The van der Waals surface area contributed by atoms with Crippen molar-refractivity contribution in [1.82, 2.24) is 15.6 Å². The maximum atomic E-state index is 13.7. The molecule has 47 heavy (non-hydrogen) atoms. The number of carboxylic acid groups (broad SMARTS) is 1. The van der Waals surface area contributed by atoms with E-state index in [-0.39, 0.29) is 25.2 Å². The lowest BCUT2D eigenvalue weighted by Crippen LogP contribution is -2.49. The Labute approximate surface area is 275 Å². The molecule has 5 aromatic rings. The third kappa shape index (κ3) is 9.04. The average Bonchev–Trinajstić information content (AvgIpc) is 3.07. The molecule has 1 aromatic heterocycles. The van der Waals surface area contributed by atoms with Crippen LogP contribution in [-0.2, 0) is 20.8 Å². The van der Waals surface area contributed by atoms with Gasteiger partial charge in [0.1, 0.15) is 11.9 Å². The molecule has 0 fully saturated rings. The van der Waals surface area contributed by atoms with Gasteiger partial charge in [0, 0.05) is 25.6 Å². The molecule has 4 aromatic carbocycles. The van der Waals surface area contributed by atoms with Gasteiger partial charge >= 0.3 is 5.97 Å². The van der Waals surface area contributed by atoms with E-state index in [1.54, 1.807) is 6.20 Å². The van der Waals surface area contributed by atoms with Gasteiger partial charge in [-0.1, -0.05) is 91.0 Å². The van der Waals surface area contributed by atoms with E-state index in [2.05, 4.69) is 52.1 Å². The molecule has 1 heterocycles. The van der Waals surface area contributed by atoms with Gasteiger partial charge < -0.3 is 21.1 Å². The third-order valence-corrected chi connectivity index (χ3v) is 8.20. The van der Waals surface area contributed by atoms with E-state index in [1.807, 2.05) is 85.8 Å². The first-order chi connectivity index (χ1) is 22.8. The van der Waals surface area contributed by atoms with Gasteiger partial charge in [0.05, 0.1) is 12.5 Å². The van der Waals surface area contributed by atoms with Crippen molar-refractivity contribution in [2.45, 2.75) is 51.6 Å². The molecule has 0 spiro atoms. The van der Waals surface area contributed by atoms with Crippen LogP contribution in [0, 0.1) is 13.8 Å². The van der Waals surface area contributed by atoms with Crippen molar-refractivity contribution in [2.75, 3.05) is 11.9 Å². The summed E-state index contributed by atoms with van der Waals surface area (Å²) in [5.74, 6) is -0.992. The fourth-order valence-electron chi connectivity index (χ4n) is 5.72. The van der Waals surface area contributed by atoms with Gasteiger partial charge in [-0.3, -0.25) is 14.4 Å². The zero-order chi connectivity index (χ0) is 33.2. The standard InChI is InChI=1S/C39H40N4O4/c1-26-20-22-41-36(23-26)40-21-8-13-37(44)42-35(24-28-9-4-3-5-10-28)39(47)43-34(25-38(45)46)30-17-15-29(16-18-30)32-19-14-27(2)31-11-6-7-12-33(31)32/h3-7,9-12,14-20,22-23,34-35H,8,13,21,24-25H2,1-2H3,(H,40,41)(H,42,44)(H,43,47)(H,45,46)/t34-,35-/m0/s1. The van der Waals surface area contributed by atoms with Crippen LogP contribution in [0.1, 0.15) is 47.6 Å². The van der Waals surface area contributed by atoms with E-state index < -0.39 is 24.0 Å². The molecule has 0 bridgehead atoms. The number of fused-ring (bicyclic) bond motifs is 1. The minimum Gasteiger partial charge on any atom is -0.481 e. The molecule has 0 radical (unpaired) electrons. The largest absolute Gasteiger partial charge is 0.481 e. The molecule has 0 saturated heterocycles. The molecule has 240 valence electrons. The van der Waals surface area contributed by atoms with Crippen LogP contribution in [0.25, 0.3) is 21.9 Å². The number of rotatable bonds is 14. The second-order valence-corrected chi connectivity index (χ2v) is 11.8. The summed E-state index contributed by atoms with van der Waals surface area (Å²) in [7, 11) is 0. The molecule has 8 heteroatoms. The number of hydrogen-bond donors (Lipinski definition) is 4. The van der Waals surface area contributed by atoms with Crippen LogP contribution in [0.2, 0.25) is 0 Å². The number of nitrogens with zero attached hydrogens (tertiary/aromatic N) is 1. The molecule has 5 rings (SSSR count). The van der Waals surface area contributed by atoms with Crippen molar-refractivity contribution in [2.24, 2.45) is 0 Å². The highest BCUT2D eigenvalue weighted by Gasteiger charge is 2.26. The summed E-state index contributed by atoms with van der Waals surface area (Å²) in [5.41, 5.74) is 5.90. The van der Waals surface area contributed by atoms with Gasteiger partial charge in [-0.05, 0) is 76.6 Å². The molecule has 0 unspecified atom stereocenters. The predicted molar refractivity (Wildman–Crippen MR) is 186 cm³/mol. The van der Waals surface area contributed by atoms with Crippen LogP contribution in [0.4, 0.5) is 5.82 Å². The minimum atomic E-state index is -1.04. The zero-order valence-corrected chi connectivity index (χ0v) is 26.7. The number of amides is 2. The monoisotopic (exact) mass is 628 g/mol. The zero-order valence-electron chi connectivity index (χ0n) is 26.7. The normalized spacial score (nSPS) is 12.2. The number of carbonyl (C=O) groups is 3. The fraction of sp³-hybridized carbons (Fsp3) is 0.231. The van der Waals surface area contributed by atoms with E-state index in [1.165, 1.54) is 10.9 Å². The van der Waals surface area contributed by atoms with Crippen LogP contribution >= 0.6 is 0 Å². The van der Waals surface area contributed by atoms with E-state index >= 15 is 0 Å². The topological polar surface area (TPSA) is 120 Å². The summed E-state index contributed by atoms with van der Waals surface area (Å²) >= 11 is 0. The predicted octanol–water partition coefficient (Wildman–Crippen LogP) is 6.77. The Bertz CT molecular complexity index is 1840. The number of anilines is 1. The number of hydrogen-bond acceptors (Lipinski definition) is 5. The summed E-state index contributed by atoms with van der Waals surface area (Å²) < 4.78 is 0. The number of carboxylic acids is 1. The van der Waals surface area contributed by atoms with Gasteiger partial charge in [-0.2, -0.15) is 0 Å². The van der Waals surface area contributed by atoms with Gasteiger partial charge in [-0.25, -0.2) is 4.98 Å². The molecule has 4 N–H and O–H groups in total. The quantitative estimate of drug-likeness (QED) is 0.101. The summed E-state index contributed by atoms with van der Waals surface area (Å²) in [6.45, 7) is 4.62. The number of aryl methyl sites for hydroxylation is 2. The molecule has 2 atom stereocenters. The van der Waals surface area contributed by atoms with E-state index in [4.69, 9.17) is 0 Å². The highest BCUT2D eigenvalue weighted by Crippen LogP contribution is 2.31. The first-order valence-corrected chi connectivity index (χ1v) is 15.9. The SMILES string of the molecule is Cc1ccnc(NCCCC(=O)N[C@@H](Cc2ccccc2)C(=O)N[C@@H](CC(=O)O)c2ccc(-c3ccc(C)c4ccccc34)cc2)c1. The van der Waals surface area contributed by atoms with Crippen molar-refractivity contribution >= 4 is 34.4 Å². The smallest absolute Gasteiger partial charge is 0.305 e. The number of benzene rings is 4. The fourth-order valence-corrected chi connectivity index (χ4v) is 5.72. The number of pyridine rings is 1. The van der Waals surface area contributed by atoms with Gasteiger partial charge in [0.25, 0.3) is 0 Å². The lowest BCUT2D eigenvalue weighted by Gasteiger charge is -2.23. The van der Waals surface area contributed by atoms with Crippen LogP contribution < -0.4 is 16.0 Å². The average molecular weight is 629 g/mol. The molecule has 0 aliphatic rings. The van der Waals surface area contributed by atoms with Crippen LogP contribution in [0.15, 0.2) is 109 Å². The molecule has 0 aliphatic carbocycles. The number of aromatic nitrogens is 1. The molecular weight excluding hydrogens is 588 g/mol. The van der Waals surface area contributed by atoms with Crippen molar-refractivity contribution in [1.29, 1.82) is 0 Å². The second-order valence-electron chi connectivity index (χ2n) is 11.8. The highest BCUT2D eigenvalue weighted by atomic mass is 16.4. The first kappa shape index (κ1) is 32.9. The molecule has 2 amide bonds. The van der Waals surface area contributed by atoms with Crippen molar-refractivity contribution < 1.29 is 19.5 Å². The Morgan fingerprint density at radius 1 is 0.809 bits per heavy atom. The molecule has 0 aliphatic heterocycles. The lowest BCUT2D eigenvalue weighted by atomic mass is 9.93. The van der Waals surface area contributed by atoms with E-state index in [0.717, 1.165) is 33.5 Å². The Kier molecular flexibility index (Phi) is 11.0. The number of aliphatic carboxylic acids is 1. The maximum absolute atomic E-state index is 13.7. The lowest BCUT2D eigenvalue weighted by molar-refractivity contribution is -0.138. The summed E-state index contributed by atoms with van der Waals surface area (Å²) in [5, 5.41) is 21.1. The second kappa shape index (κ2) is 15.7. The molecular formula is C39H40N4O4. The highest BCUT2D eigenvalue weighted by molar-refractivity contribution is 5.98. The van der Waals surface area contributed by atoms with Gasteiger partial charge in [0.2, 0.25) is 11.8 Å². The van der Waals surface area contributed by atoms with Crippen molar-refractivity contribution in [3.8, 4) is 11.1 Å². The first-order valence-electron chi connectivity index (χ1n) is 15.9. The third-order valence-electron chi connectivity index (χ3n) is 8.20. The van der Waals surface area contributed by atoms with Crippen LogP contribution in [-0.4, -0.2) is 40.5 Å². The van der Waals surface area contributed by atoms with Gasteiger partial charge in [-0.15, -0.1) is 0 Å². The number of carbonyl (C=O) groups excluding carboxylic acids is 2. The Morgan fingerprint density at radius 2 is 1.53 bits per heavy atom. The van der Waals surface area contributed by atoms with Crippen molar-refractivity contribution in [3.05, 3.63) is 132 Å². The summed E-state index contributed by atoms with van der Waals surface area (Å²) in [6.07, 6.45) is 2.46. The Morgan fingerprint density at radius 3 is 2.26 bits per heavy atom. The van der Waals surface area contributed by atoms with Crippen molar-refractivity contribution in [3.63, 3.8) is 0 Å².